The van der Waals surface area contributed by atoms with E-state index in [1.165, 1.54) is 0 Å². The predicted molar refractivity (Wildman–Crippen MR) is 126 cm³/mol. The van der Waals surface area contributed by atoms with Crippen LogP contribution in [0.4, 0.5) is 0 Å². The van der Waals surface area contributed by atoms with Gasteiger partial charge in [-0.2, -0.15) is 0 Å². The molecule has 1 amide bonds. The van der Waals surface area contributed by atoms with E-state index in [0.29, 0.717) is 30.2 Å². The first-order chi connectivity index (χ1) is 14.4. The number of nitrogens with zero attached hydrogens (tertiary/aromatic N) is 1. The number of ether oxygens (including phenoxy) is 1. The number of nitrogens with one attached hydrogen (secondary N) is 1. The van der Waals surface area contributed by atoms with Gasteiger partial charge in [0.15, 0.2) is 0 Å². The van der Waals surface area contributed by atoms with E-state index < -0.39 is 12.0 Å². The van der Waals surface area contributed by atoms with Crippen molar-refractivity contribution in [2.45, 2.75) is 65.0 Å². The lowest BCUT2D eigenvalue weighted by atomic mass is 10.0. The Morgan fingerprint density at radius 2 is 1.94 bits per heavy atom. The van der Waals surface area contributed by atoms with Gasteiger partial charge in [0.25, 0.3) is 0 Å². The van der Waals surface area contributed by atoms with E-state index in [1.54, 1.807) is 7.11 Å². The van der Waals surface area contributed by atoms with Crippen LogP contribution in [0, 0.1) is 5.92 Å². The van der Waals surface area contributed by atoms with E-state index in [1.807, 2.05) is 23.1 Å². The fourth-order valence-electron chi connectivity index (χ4n) is 3.78. The number of carboxylic acids is 1. The molecule has 1 saturated heterocycles. The minimum absolute atomic E-state index is 0. The van der Waals surface area contributed by atoms with Crippen molar-refractivity contribution in [2.75, 3.05) is 20.2 Å². The average molecular weight is 453 g/mol. The van der Waals surface area contributed by atoms with Crippen molar-refractivity contribution in [3.63, 3.8) is 0 Å². The van der Waals surface area contributed by atoms with Crippen LogP contribution in [-0.2, 0) is 16.1 Å². The van der Waals surface area contributed by atoms with Gasteiger partial charge in [0.2, 0.25) is 5.91 Å². The van der Waals surface area contributed by atoms with Gasteiger partial charge < -0.3 is 15.2 Å². The first-order valence-electron chi connectivity index (χ1n) is 11.0. The van der Waals surface area contributed by atoms with E-state index in [2.05, 4.69) is 31.3 Å². The van der Waals surface area contributed by atoms with Gasteiger partial charge in [-0.1, -0.05) is 38.1 Å². The molecule has 1 unspecified atom stereocenters. The standard InChI is InChI=1S/C24H36N2O4.ClH/c1-18(2)10-6-4-5-7-11-22(27)25-17-19-12-13-20(21(16-19)30-3)23(24(28)29)26-14-8-9-15-26;/h6,10,12-13,16,18,23H,4-5,7-9,11,14-15,17H2,1-3H3,(H,25,27)(H,28,29);1H/b10-6+;. The number of allylic oxidation sites excluding steroid dienone is 2. The molecule has 1 heterocycles. The van der Waals surface area contributed by atoms with Crippen LogP contribution in [-0.4, -0.2) is 42.1 Å². The van der Waals surface area contributed by atoms with Crippen molar-refractivity contribution < 1.29 is 19.4 Å². The highest BCUT2D eigenvalue weighted by molar-refractivity contribution is 5.85. The topological polar surface area (TPSA) is 78.9 Å². The van der Waals surface area contributed by atoms with E-state index in [9.17, 15) is 14.7 Å². The number of halogens is 1. The molecule has 0 bridgehead atoms. The lowest BCUT2D eigenvalue weighted by Crippen LogP contribution is -2.32. The zero-order chi connectivity index (χ0) is 21.9. The molecule has 1 atom stereocenters. The second-order valence-electron chi connectivity index (χ2n) is 8.25. The van der Waals surface area contributed by atoms with Gasteiger partial charge in [-0.25, -0.2) is 0 Å². The summed E-state index contributed by atoms with van der Waals surface area (Å²) in [7, 11) is 1.55. The van der Waals surface area contributed by atoms with Gasteiger partial charge >= 0.3 is 5.97 Å². The fraction of sp³-hybridized carbons (Fsp3) is 0.583. The number of methoxy groups -OCH3 is 1. The maximum Gasteiger partial charge on any atom is 0.325 e. The monoisotopic (exact) mass is 452 g/mol. The summed E-state index contributed by atoms with van der Waals surface area (Å²) in [6.45, 7) is 6.28. The number of amides is 1. The van der Waals surface area contributed by atoms with Crippen LogP contribution < -0.4 is 10.1 Å². The van der Waals surface area contributed by atoms with Crippen LogP contribution in [0.3, 0.4) is 0 Å². The minimum atomic E-state index is -0.862. The van der Waals surface area contributed by atoms with Crippen LogP contribution in [0.15, 0.2) is 30.4 Å². The Labute approximate surface area is 192 Å². The zero-order valence-electron chi connectivity index (χ0n) is 18.9. The van der Waals surface area contributed by atoms with Crippen LogP contribution in [0.2, 0.25) is 0 Å². The van der Waals surface area contributed by atoms with E-state index in [0.717, 1.165) is 50.8 Å². The van der Waals surface area contributed by atoms with Gasteiger partial charge in [0.1, 0.15) is 11.8 Å². The first-order valence-corrected chi connectivity index (χ1v) is 11.0. The Balaban J connectivity index is 0.00000480. The number of benzene rings is 1. The van der Waals surface area contributed by atoms with Gasteiger partial charge in [-0.3, -0.25) is 14.5 Å². The number of aliphatic carboxylic acids is 1. The Morgan fingerprint density at radius 1 is 1.23 bits per heavy atom. The molecule has 0 aromatic heterocycles. The molecule has 0 saturated carbocycles. The maximum absolute atomic E-state index is 12.1. The molecule has 1 aromatic carbocycles. The van der Waals surface area contributed by atoms with E-state index in [-0.39, 0.29) is 18.3 Å². The van der Waals surface area contributed by atoms with Gasteiger partial charge in [0, 0.05) is 18.5 Å². The second kappa shape index (κ2) is 14.1. The molecule has 0 spiro atoms. The Hall–Kier alpha value is -2.05. The van der Waals surface area contributed by atoms with Crippen molar-refractivity contribution in [2.24, 2.45) is 5.92 Å². The van der Waals surface area contributed by atoms with Crippen LogP contribution in [0.25, 0.3) is 0 Å². The molecule has 31 heavy (non-hydrogen) atoms. The largest absolute Gasteiger partial charge is 0.496 e. The molecule has 2 N–H and O–H groups in total. The highest BCUT2D eigenvalue weighted by atomic mass is 35.5. The average Bonchev–Trinajstić information content (AvgIpc) is 3.23. The summed E-state index contributed by atoms with van der Waals surface area (Å²) in [5.41, 5.74) is 1.56. The molecule has 1 aromatic rings. The SMILES string of the molecule is COc1cc(CNC(=O)CCCC/C=C/C(C)C)ccc1C(C(=O)O)N1CCCC1.Cl. The molecular weight excluding hydrogens is 416 g/mol. The fourth-order valence-corrected chi connectivity index (χ4v) is 3.78. The normalized spacial score (nSPS) is 15.1. The number of rotatable bonds is 12. The third-order valence-corrected chi connectivity index (χ3v) is 5.37. The molecule has 1 fully saturated rings. The molecule has 7 heteroatoms. The molecule has 1 aliphatic heterocycles. The van der Waals surface area contributed by atoms with Crippen molar-refractivity contribution in [1.29, 1.82) is 0 Å². The highest BCUT2D eigenvalue weighted by Gasteiger charge is 2.31. The number of likely N-dealkylation sites (tertiary alicyclic amines) is 1. The Morgan fingerprint density at radius 3 is 2.55 bits per heavy atom. The Bertz CT molecular complexity index is 730. The lowest BCUT2D eigenvalue weighted by molar-refractivity contribution is -0.143. The van der Waals surface area contributed by atoms with Crippen molar-refractivity contribution in [3.8, 4) is 5.75 Å². The first kappa shape index (κ1) is 27.0. The smallest absolute Gasteiger partial charge is 0.325 e. The van der Waals surface area contributed by atoms with Crippen molar-refractivity contribution in [3.05, 3.63) is 41.5 Å². The summed E-state index contributed by atoms with van der Waals surface area (Å²) >= 11 is 0. The zero-order valence-corrected chi connectivity index (χ0v) is 19.7. The molecule has 0 aliphatic carbocycles. The summed E-state index contributed by atoms with van der Waals surface area (Å²) in [5, 5.41) is 12.7. The van der Waals surface area contributed by atoms with Crippen LogP contribution in [0.5, 0.6) is 5.75 Å². The molecule has 6 nitrogen and oxygen atoms in total. The summed E-state index contributed by atoms with van der Waals surface area (Å²) in [6.07, 6.45) is 9.80. The predicted octanol–water partition coefficient (Wildman–Crippen LogP) is 4.73. The molecule has 0 radical (unpaired) electrons. The van der Waals surface area contributed by atoms with Crippen molar-refractivity contribution in [1.82, 2.24) is 10.2 Å². The van der Waals surface area contributed by atoms with Crippen LogP contribution >= 0.6 is 12.4 Å². The number of carboxylic acid groups (broad SMARTS) is 1. The third kappa shape index (κ3) is 8.91. The number of carbonyl (C=O) groups excluding carboxylic acids is 1. The molecule has 1 aliphatic rings. The summed E-state index contributed by atoms with van der Waals surface area (Å²) < 4.78 is 5.49. The second-order valence-corrected chi connectivity index (χ2v) is 8.25. The summed E-state index contributed by atoms with van der Waals surface area (Å²) in [6, 6.07) is 4.83. The van der Waals surface area contributed by atoms with Crippen molar-refractivity contribution >= 4 is 24.3 Å². The molecular formula is C24H37ClN2O4. The minimum Gasteiger partial charge on any atom is -0.496 e. The van der Waals surface area contributed by atoms with E-state index >= 15 is 0 Å². The maximum atomic E-state index is 12.1. The lowest BCUT2D eigenvalue weighted by Gasteiger charge is -2.25. The number of unbranched alkanes of at least 4 members (excludes halogenated alkanes) is 2. The molecule has 2 rings (SSSR count). The number of hydrogen-bond donors (Lipinski definition) is 2. The summed E-state index contributed by atoms with van der Waals surface area (Å²) in [5.74, 6) is 0.293. The Kier molecular flexibility index (Phi) is 12.3. The highest BCUT2D eigenvalue weighted by Crippen LogP contribution is 2.32. The van der Waals surface area contributed by atoms with Crippen LogP contribution in [0.1, 0.15) is 69.5 Å². The quantitative estimate of drug-likeness (QED) is 0.354. The molecule has 174 valence electrons. The third-order valence-electron chi connectivity index (χ3n) is 5.37. The van der Waals surface area contributed by atoms with E-state index in [4.69, 9.17) is 4.74 Å². The summed E-state index contributed by atoms with van der Waals surface area (Å²) in [4.78, 5) is 26.0. The number of hydrogen-bond acceptors (Lipinski definition) is 4. The van der Waals surface area contributed by atoms with Gasteiger partial charge in [-0.05, 0) is 62.7 Å². The van der Waals surface area contributed by atoms with Gasteiger partial charge in [-0.15, -0.1) is 12.4 Å². The van der Waals surface area contributed by atoms with Gasteiger partial charge in [0.05, 0.1) is 7.11 Å². The number of carbonyl (C=O) groups is 2.